The van der Waals surface area contributed by atoms with E-state index in [4.69, 9.17) is 40.5 Å². The lowest BCUT2D eigenvalue weighted by Gasteiger charge is -2.37. The molecule has 0 saturated carbocycles. The van der Waals surface area contributed by atoms with Crippen LogP contribution in [0.3, 0.4) is 0 Å². The maximum Gasteiger partial charge on any atom is 0.341 e. The van der Waals surface area contributed by atoms with E-state index in [1.54, 1.807) is 22.2 Å². The van der Waals surface area contributed by atoms with Crippen molar-refractivity contribution < 1.29 is 54.7 Å². The number of piperazine rings is 2. The molecule has 0 spiro atoms. The van der Waals surface area contributed by atoms with Crippen molar-refractivity contribution in [2.75, 3.05) is 63.0 Å². The van der Waals surface area contributed by atoms with Gasteiger partial charge in [-0.25, -0.2) is 75.3 Å². The van der Waals surface area contributed by atoms with Crippen molar-refractivity contribution >= 4 is 115 Å². The number of carbonyl (C=O) groups excluding carboxylic acids is 5. The van der Waals surface area contributed by atoms with Crippen molar-refractivity contribution in [1.82, 2.24) is 55.0 Å². The molecule has 0 radical (unpaired) electrons. The zero-order valence-corrected chi connectivity index (χ0v) is 53.8. The number of nitrogens with one attached hydrogen (secondary N) is 1. The number of carbonyl (C=O) groups is 5. The monoisotopic (exact) mass is 1350 g/mol. The molecule has 32 heteroatoms. The minimum Gasteiger partial charge on any atom is -0.381 e. The maximum absolute atomic E-state index is 14.2. The van der Waals surface area contributed by atoms with E-state index in [2.05, 4.69) is 45.4 Å². The first-order valence-electron chi connectivity index (χ1n) is 27.6. The van der Waals surface area contributed by atoms with Gasteiger partial charge in [0.1, 0.15) is 34.8 Å². The highest BCUT2D eigenvalue weighted by molar-refractivity contribution is 7.59. The Balaban J connectivity index is 0.000000325. The van der Waals surface area contributed by atoms with Crippen molar-refractivity contribution in [1.29, 1.82) is 0 Å². The van der Waals surface area contributed by atoms with Gasteiger partial charge in [0.2, 0.25) is 21.8 Å². The number of hydrazone groups is 2. The molecule has 0 unspecified atom stereocenters. The summed E-state index contributed by atoms with van der Waals surface area (Å²) in [5, 5.41) is 13.6. The van der Waals surface area contributed by atoms with Crippen LogP contribution in [0, 0.1) is 58.5 Å². The zero-order chi connectivity index (χ0) is 64.1. The van der Waals surface area contributed by atoms with Gasteiger partial charge in [-0.3, -0.25) is 14.4 Å². The second-order valence-corrected chi connectivity index (χ2v) is 22.4. The Morgan fingerprint density at radius 1 is 0.551 bits per heavy atom. The molecule has 2 atom stereocenters. The van der Waals surface area contributed by atoms with Crippen LogP contribution in [-0.4, -0.2) is 143 Å². The first kappa shape index (κ1) is 76.5. The lowest BCUT2D eigenvalue weighted by atomic mass is 10.0. The highest BCUT2D eigenvalue weighted by atomic mass is 35.5. The Morgan fingerprint density at radius 3 is 1.34 bits per heavy atom. The van der Waals surface area contributed by atoms with Gasteiger partial charge >= 0.3 is 12.1 Å². The van der Waals surface area contributed by atoms with E-state index < -0.39 is 52.8 Å². The first-order chi connectivity index (χ1) is 41.2. The normalized spacial score (nSPS) is 15.8. The lowest BCUT2D eigenvalue weighted by Crippen LogP contribution is -2.52. The van der Waals surface area contributed by atoms with Gasteiger partial charge in [-0.15, -0.1) is 0 Å². The van der Waals surface area contributed by atoms with Gasteiger partial charge in [0.25, 0.3) is 0 Å². The molecular formula is C57H71Cl3F7N15O5S2. The van der Waals surface area contributed by atoms with Crippen molar-refractivity contribution in [3.63, 3.8) is 0 Å². The summed E-state index contributed by atoms with van der Waals surface area (Å²) in [6.45, 7) is 15.8. The van der Waals surface area contributed by atoms with Crippen LogP contribution in [-0.2, 0) is 27.2 Å². The average molecular weight is 1350 g/mol. The van der Waals surface area contributed by atoms with Gasteiger partial charge in [0, 0.05) is 109 Å². The van der Waals surface area contributed by atoms with Gasteiger partial charge in [0.15, 0.2) is 23.3 Å². The molecule has 4 amide bonds. The van der Waals surface area contributed by atoms with Crippen molar-refractivity contribution in [3.8, 4) is 0 Å². The molecule has 2 aromatic carbocycles. The Kier molecular flexibility index (Phi) is 32.1. The number of ketones is 2. The molecule has 7 heterocycles. The van der Waals surface area contributed by atoms with E-state index in [1.807, 2.05) is 46.4 Å². The number of anilines is 2. The van der Waals surface area contributed by atoms with Gasteiger partial charge in [-0.05, 0) is 87.9 Å². The lowest BCUT2D eigenvalue weighted by molar-refractivity contribution is -0.120. The van der Waals surface area contributed by atoms with E-state index in [1.165, 1.54) is 34.3 Å². The summed E-state index contributed by atoms with van der Waals surface area (Å²) in [5.41, 5.74) is 5.91. The Labute approximate surface area is 540 Å². The molecule has 4 aliphatic heterocycles. The fourth-order valence-corrected chi connectivity index (χ4v) is 9.41. The standard InChI is InChI=1S/C24H27F3N6O2.C14H16F2N4O.C10H12ClFN2O.C5H9ClO.C4H3ClFN3.2H2S/c1-15(2)9-19(34)13-21-20(27)14-28-23(30-21)31-5-7-32(8-6-31)24(35)33-22(3-4-29-33)16-10-17(25)12-18(26)11-16;15-11-7-10(8-12(16)9-11)13-1-2-18-20(13)14(21)19-5-3-17-4-6-19;1-6(2)3-7(15)4-9-8(12)5-13-10(11)14-9;1-4(2)3-5(6)7;5-4-8-1-2(6)3(7)9-4;;/h4,10-12,14-15,22H,3,5-9,13H2,1-2H3;2,7-9,13,17H,1,3-6H2;5-6H,3-4H2,1-2H3;4H,3H2,1-2H3;1H,(H2,7,8,9);2*1H2/t22-;13-;;;;;/m00...../s1. The molecule has 2 fully saturated rings. The number of Topliss-reactive ketones (excluding diaryl/α,β-unsaturated/α-hetero) is 2. The molecule has 0 bridgehead atoms. The van der Waals surface area contributed by atoms with Gasteiger partial charge in [0.05, 0.1) is 54.9 Å². The number of nitrogens with zero attached hydrogens (tertiary/aromatic N) is 13. The second-order valence-electron chi connectivity index (χ2n) is 21.3. The van der Waals surface area contributed by atoms with Gasteiger partial charge in [-0.2, -0.15) is 42.2 Å². The number of benzene rings is 2. The Bertz CT molecular complexity index is 3200. The smallest absolute Gasteiger partial charge is 0.341 e. The van der Waals surface area contributed by atoms with E-state index >= 15 is 0 Å². The minimum atomic E-state index is -0.711. The van der Waals surface area contributed by atoms with Crippen LogP contribution < -0.4 is 16.0 Å². The van der Waals surface area contributed by atoms with Crippen LogP contribution in [0.15, 0.2) is 65.2 Å². The van der Waals surface area contributed by atoms with E-state index in [0.717, 1.165) is 43.8 Å². The van der Waals surface area contributed by atoms with Crippen LogP contribution >= 0.6 is 61.8 Å². The molecule has 3 aromatic heterocycles. The Morgan fingerprint density at radius 2 is 0.944 bits per heavy atom. The summed E-state index contributed by atoms with van der Waals surface area (Å²) in [6, 6.07) is 4.89. The quantitative estimate of drug-likeness (QED) is 0.0633. The van der Waals surface area contributed by atoms with Crippen molar-refractivity contribution in [2.45, 2.75) is 98.6 Å². The molecule has 3 N–H and O–H groups in total. The predicted molar refractivity (Wildman–Crippen MR) is 335 cm³/mol. The zero-order valence-electron chi connectivity index (χ0n) is 49.6. The number of halogens is 10. The minimum absolute atomic E-state index is 0. The summed E-state index contributed by atoms with van der Waals surface area (Å²) in [7, 11) is 0. The summed E-state index contributed by atoms with van der Waals surface area (Å²) in [5.74, 6) is -3.79. The fourth-order valence-electron chi connectivity index (χ4n) is 8.81. The molecule has 486 valence electrons. The van der Waals surface area contributed by atoms with Crippen LogP contribution in [0.5, 0.6) is 0 Å². The average Bonchev–Trinajstić information content (AvgIpc) is 3.54. The van der Waals surface area contributed by atoms with Crippen LogP contribution in [0.2, 0.25) is 10.6 Å². The number of rotatable bonds is 13. The first-order valence-corrected chi connectivity index (χ1v) is 28.7. The van der Waals surface area contributed by atoms with Gasteiger partial charge < -0.3 is 25.8 Å². The third-order valence-corrected chi connectivity index (χ3v) is 13.2. The van der Waals surface area contributed by atoms with Crippen molar-refractivity contribution in [3.05, 3.63) is 129 Å². The summed E-state index contributed by atoms with van der Waals surface area (Å²) < 4.78 is 93.6. The summed E-state index contributed by atoms with van der Waals surface area (Å²) in [6.07, 6.45) is 8.09. The molecule has 2 saturated heterocycles. The molecule has 20 nitrogen and oxygen atoms in total. The summed E-state index contributed by atoms with van der Waals surface area (Å²) >= 11 is 15.8. The number of amides is 4. The topological polar surface area (TPSA) is 242 Å². The number of nitrogen functional groups attached to an aromatic ring is 1. The SMILES string of the molecule is CC(C)CC(=O)Cc1nc(Cl)ncc1F.CC(C)CC(=O)Cc1nc(N2CCN(C(=O)N3N=CC[C@H]3c3cc(F)cc(F)c3)CC2)ncc1F.CC(C)CC(=O)Cl.Nc1nc(Cl)ncc1F.O=C(N1CCNCC1)N1N=CC[C@H]1c1cc(F)cc(F)c1.S.S. The molecule has 0 aliphatic carbocycles. The predicted octanol–water partition coefficient (Wildman–Crippen LogP) is 10.8. The highest BCUT2D eigenvalue weighted by Crippen LogP contribution is 2.32. The maximum atomic E-state index is 14.2. The fraction of sp³-hybridized carbons (Fsp3) is 0.456. The van der Waals surface area contributed by atoms with Crippen LogP contribution in [0.1, 0.15) is 108 Å². The second kappa shape index (κ2) is 37.4. The number of nitrogens with two attached hydrogens (primary N) is 1. The Hall–Kier alpha value is -6.79. The van der Waals surface area contributed by atoms with Crippen LogP contribution in [0.4, 0.5) is 52.1 Å². The van der Waals surface area contributed by atoms with E-state index in [9.17, 15) is 54.7 Å². The van der Waals surface area contributed by atoms with Crippen LogP contribution in [0.25, 0.3) is 0 Å². The molecule has 4 aliphatic rings. The molecule has 5 aromatic rings. The number of urea groups is 2. The summed E-state index contributed by atoms with van der Waals surface area (Å²) in [4.78, 5) is 86.4. The number of aromatic nitrogens is 6. The highest BCUT2D eigenvalue weighted by Gasteiger charge is 2.35. The van der Waals surface area contributed by atoms with E-state index in [-0.39, 0.29) is 108 Å². The molecular weight excluding hydrogens is 1280 g/mol. The third kappa shape index (κ3) is 25.2. The van der Waals surface area contributed by atoms with E-state index in [0.29, 0.717) is 94.4 Å². The third-order valence-electron chi connectivity index (χ3n) is 12.7. The number of hydrogen-bond donors (Lipinski definition) is 2. The largest absolute Gasteiger partial charge is 0.381 e. The molecule has 89 heavy (non-hydrogen) atoms. The molecule has 9 rings (SSSR count). The van der Waals surface area contributed by atoms with Gasteiger partial charge in [-0.1, -0.05) is 41.5 Å². The number of hydrogen-bond acceptors (Lipinski definition) is 16. The van der Waals surface area contributed by atoms with Crippen molar-refractivity contribution in [2.24, 2.45) is 28.0 Å².